The van der Waals surface area contributed by atoms with Crippen molar-refractivity contribution in [3.05, 3.63) is 30.1 Å². The van der Waals surface area contributed by atoms with E-state index in [2.05, 4.69) is 20.6 Å². The van der Waals surface area contributed by atoms with Gasteiger partial charge in [-0.1, -0.05) is 25.3 Å². The van der Waals surface area contributed by atoms with Gasteiger partial charge in [-0.3, -0.25) is 9.78 Å². The Hall–Kier alpha value is -2.11. The highest BCUT2D eigenvalue weighted by molar-refractivity contribution is 5.86. The first-order valence-corrected chi connectivity index (χ1v) is 8.30. The van der Waals surface area contributed by atoms with Crippen LogP contribution in [0.5, 0.6) is 0 Å². The standard InChI is InChI=1S/C17H27N5O/c1-22(2)16(23)13-20-17(21-14-8-4-3-5-9-14)19-12-15-10-6-7-11-18-15/h6-7,10-11,14H,3-5,8-9,12-13H2,1-2H3,(H2,19,20,21). The molecule has 0 atom stereocenters. The lowest BCUT2D eigenvalue weighted by molar-refractivity contribution is -0.127. The Kier molecular flexibility index (Phi) is 6.84. The summed E-state index contributed by atoms with van der Waals surface area (Å²) in [5.74, 6) is 0.721. The van der Waals surface area contributed by atoms with Gasteiger partial charge >= 0.3 is 0 Å². The maximum Gasteiger partial charge on any atom is 0.241 e. The molecular weight excluding hydrogens is 290 g/mol. The number of likely N-dealkylation sites (N-methyl/N-ethyl adjacent to an activating group) is 1. The number of carbonyl (C=O) groups excluding carboxylic acids is 1. The Morgan fingerprint density at radius 1 is 1.30 bits per heavy atom. The van der Waals surface area contributed by atoms with E-state index in [4.69, 9.17) is 0 Å². The highest BCUT2D eigenvalue weighted by Crippen LogP contribution is 2.17. The third-order valence-corrected chi connectivity index (χ3v) is 3.98. The fourth-order valence-corrected chi connectivity index (χ4v) is 2.56. The van der Waals surface area contributed by atoms with Gasteiger partial charge in [-0.25, -0.2) is 4.99 Å². The van der Waals surface area contributed by atoms with Crippen LogP contribution >= 0.6 is 0 Å². The molecule has 1 amide bonds. The van der Waals surface area contributed by atoms with Crippen molar-refractivity contribution in [2.75, 3.05) is 20.6 Å². The molecule has 1 fully saturated rings. The molecule has 2 rings (SSSR count). The number of nitrogens with one attached hydrogen (secondary N) is 2. The second-order valence-corrected chi connectivity index (χ2v) is 6.11. The van der Waals surface area contributed by atoms with E-state index in [0.717, 1.165) is 18.5 Å². The van der Waals surface area contributed by atoms with E-state index in [9.17, 15) is 4.79 Å². The molecule has 0 aromatic carbocycles. The fourth-order valence-electron chi connectivity index (χ4n) is 2.56. The Labute approximate surface area is 138 Å². The van der Waals surface area contributed by atoms with Gasteiger partial charge in [0.05, 0.1) is 18.8 Å². The Balaban J connectivity index is 1.95. The van der Waals surface area contributed by atoms with E-state index in [1.807, 2.05) is 18.2 Å². The predicted octanol–water partition coefficient (Wildman–Crippen LogP) is 1.54. The zero-order valence-corrected chi connectivity index (χ0v) is 14.1. The lowest BCUT2D eigenvalue weighted by Gasteiger charge is -2.25. The second-order valence-electron chi connectivity index (χ2n) is 6.11. The third kappa shape index (κ3) is 6.26. The molecule has 1 aliphatic carbocycles. The summed E-state index contributed by atoms with van der Waals surface area (Å²) in [6, 6.07) is 6.23. The summed E-state index contributed by atoms with van der Waals surface area (Å²) in [6.07, 6.45) is 7.90. The number of hydrogen-bond acceptors (Lipinski definition) is 3. The van der Waals surface area contributed by atoms with E-state index >= 15 is 0 Å². The van der Waals surface area contributed by atoms with Crippen LogP contribution in [0, 0.1) is 0 Å². The van der Waals surface area contributed by atoms with Crippen molar-refractivity contribution in [3.63, 3.8) is 0 Å². The summed E-state index contributed by atoms with van der Waals surface area (Å²) >= 11 is 0. The quantitative estimate of drug-likeness (QED) is 0.638. The number of aliphatic imine (C=N–C) groups is 1. The van der Waals surface area contributed by atoms with Gasteiger partial charge in [0.2, 0.25) is 5.91 Å². The summed E-state index contributed by atoms with van der Waals surface area (Å²) in [7, 11) is 3.51. The molecule has 0 spiro atoms. The molecule has 0 unspecified atom stereocenters. The van der Waals surface area contributed by atoms with Crippen LogP contribution in [0.4, 0.5) is 0 Å². The molecule has 126 valence electrons. The Morgan fingerprint density at radius 2 is 2.09 bits per heavy atom. The van der Waals surface area contributed by atoms with Crippen LogP contribution in [0.25, 0.3) is 0 Å². The average molecular weight is 317 g/mol. The molecule has 2 N–H and O–H groups in total. The molecule has 6 nitrogen and oxygen atoms in total. The number of rotatable bonds is 5. The Morgan fingerprint density at radius 3 is 2.74 bits per heavy atom. The molecular formula is C17H27N5O. The van der Waals surface area contributed by atoms with Crippen molar-refractivity contribution in [2.24, 2.45) is 4.99 Å². The van der Waals surface area contributed by atoms with Gasteiger partial charge < -0.3 is 15.5 Å². The third-order valence-electron chi connectivity index (χ3n) is 3.98. The van der Waals surface area contributed by atoms with Gasteiger partial charge in [0.25, 0.3) is 0 Å². The van der Waals surface area contributed by atoms with E-state index < -0.39 is 0 Å². The SMILES string of the molecule is CN(C)C(=O)CNC(=NCc1ccccn1)NC1CCCCC1. The molecule has 1 saturated carbocycles. The van der Waals surface area contributed by atoms with Crippen LogP contribution in [-0.4, -0.2) is 48.4 Å². The number of amides is 1. The maximum absolute atomic E-state index is 11.8. The maximum atomic E-state index is 11.8. The molecule has 0 saturated heterocycles. The van der Waals surface area contributed by atoms with Crippen LogP contribution in [0.2, 0.25) is 0 Å². The monoisotopic (exact) mass is 317 g/mol. The lowest BCUT2D eigenvalue weighted by atomic mass is 9.96. The molecule has 0 radical (unpaired) electrons. The highest BCUT2D eigenvalue weighted by atomic mass is 16.2. The number of nitrogens with zero attached hydrogens (tertiary/aromatic N) is 3. The second kappa shape index (κ2) is 9.12. The Bertz CT molecular complexity index is 509. The van der Waals surface area contributed by atoms with Gasteiger partial charge in [-0.05, 0) is 25.0 Å². The average Bonchev–Trinajstić information content (AvgIpc) is 2.58. The van der Waals surface area contributed by atoms with Crippen molar-refractivity contribution >= 4 is 11.9 Å². The van der Waals surface area contributed by atoms with Gasteiger partial charge in [0, 0.05) is 26.3 Å². The van der Waals surface area contributed by atoms with Crippen LogP contribution in [0.1, 0.15) is 37.8 Å². The molecule has 1 aromatic rings. The van der Waals surface area contributed by atoms with Gasteiger partial charge in [-0.2, -0.15) is 0 Å². The normalized spacial score (nSPS) is 16.0. The minimum atomic E-state index is 0.0287. The van der Waals surface area contributed by atoms with Crippen molar-refractivity contribution < 1.29 is 4.79 Å². The van der Waals surface area contributed by atoms with E-state index in [-0.39, 0.29) is 12.5 Å². The van der Waals surface area contributed by atoms with Crippen molar-refractivity contribution in [1.29, 1.82) is 0 Å². The molecule has 1 aliphatic rings. The first kappa shape index (κ1) is 17.2. The summed E-state index contributed by atoms with van der Waals surface area (Å²) < 4.78 is 0. The van der Waals surface area contributed by atoms with E-state index in [1.165, 1.54) is 19.3 Å². The van der Waals surface area contributed by atoms with E-state index in [1.54, 1.807) is 25.2 Å². The summed E-state index contributed by atoms with van der Waals surface area (Å²) in [5.41, 5.74) is 0.913. The number of hydrogen-bond donors (Lipinski definition) is 2. The lowest BCUT2D eigenvalue weighted by Crippen LogP contribution is -2.47. The summed E-state index contributed by atoms with van der Waals surface area (Å²) in [4.78, 5) is 22.2. The number of pyridine rings is 1. The predicted molar refractivity (Wildman–Crippen MR) is 92.1 cm³/mol. The zero-order valence-electron chi connectivity index (χ0n) is 14.1. The molecule has 1 heterocycles. The van der Waals surface area contributed by atoms with Crippen LogP contribution in [-0.2, 0) is 11.3 Å². The highest BCUT2D eigenvalue weighted by Gasteiger charge is 2.15. The number of guanidine groups is 1. The smallest absolute Gasteiger partial charge is 0.241 e. The summed E-state index contributed by atoms with van der Waals surface area (Å²) in [5, 5.41) is 6.60. The minimum absolute atomic E-state index is 0.0287. The van der Waals surface area contributed by atoms with Crippen LogP contribution in [0.15, 0.2) is 29.4 Å². The summed E-state index contributed by atoms with van der Waals surface area (Å²) in [6.45, 7) is 0.743. The topological polar surface area (TPSA) is 69.6 Å². The largest absolute Gasteiger partial charge is 0.354 e. The van der Waals surface area contributed by atoms with E-state index in [0.29, 0.717) is 18.5 Å². The molecule has 6 heteroatoms. The molecule has 0 aliphatic heterocycles. The zero-order chi connectivity index (χ0) is 16.5. The first-order chi connectivity index (χ1) is 11.1. The molecule has 1 aromatic heterocycles. The van der Waals surface area contributed by atoms with Gasteiger partial charge in [0.1, 0.15) is 0 Å². The van der Waals surface area contributed by atoms with Gasteiger partial charge in [-0.15, -0.1) is 0 Å². The van der Waals surface area contributed by atoms with Crippen molar-refractivity contribution in [2.45, 2.75) is 44.7 Å². The molecule has 23 heavy (non-hydrogen) atoms. The minimum Gasteiger partial charge on any atom is -0.354 e. The number of carbonyl (C=O) groups is 1. The van der Waals surface area contributed by atoms with Crippen molar-refractivity contribution in [3.8, 4) is 0 Å². The van der Waals surface area contributed by atoms with Crippen molar-refractivity contribution in [1.82, 2.24) is 20.5 Å². The molecule has 0 bridgehead atoms. The first-order valence-electron chi connectivity index (χ1n) is 8.30. The number of aromatic nitrogens is 1. The van der Waals surface area contributed by atoms with Gasteiger partial charge in [0.15, 0.2) is 5.96 Å². The fraction of sp³-hybridized carbons (Fsp3) is 0.588. The van der Waals surface area contributed by atoms with Crippen LogP contribution in [0.3, 0.4) is 0 Å². The van der Waals surface area contributed by atoms with Crippen LogP contribution < -0.4 is 10.6 Å².